The van der Waals surface area contributed by atoms with Crippen molar-refractivity contribution in [3.05, 3.63) is 6.92 Å². The lowest BCUT2D eigenvalue weighted by Gasteiger charge is -2.17. The zero-order valence-electron chi connectivity index (χ0n) is 10.7. The van der Waals surface area contributed by atoms with Crippen LogP contribution in [-0.2, 0) is 0 Å². The van der Waals surface area contributed by atoms with E-state index in [2.05, 4.69) is 34.6 Å². The van der Waals surface area contributed by atoms with E-state index in [1.54, 1.807) is 0 Å². The van der Waals surface area contributed by atoms with E-state index in [9.17, 15) is 0 Å². The van der Waals surface area contributed by atoms with Gasteiger partial charge in [0.15, 0.2) is 0 Å². The average molecular weight is 197 g/mol. The molecule has 0 aromatic carbocycles. The Hall–Kier alpha value is 0. The number of unbranched alkanes of at least 4 members (excludes halogenated alkanes) is 2. The van der Waals surface area contributed by atoms with Gasteiger partial charge in [-0.15, -0.1) is 0 Å². The summed E-state index contributed by atoms with van der Waals surface area (Å²) in [6, 6.07) is 0. The van der Waals surface area contributed by atoms with E-state index in [4.69, 9.17) is 0 Å². The number of hydrogen-bond acceptors (Lipinski definition) is 0. The van der Waals surface area contributed by atoms with E-state index in [0.717, 1.165) is 5.92 Å². The Morgan fingerprint density at radius 1 is 1.07 bits per heavy atom. The second kappa shape index (κ2) is 7.31. The summed E-state index contributed by atoms with van der Waals surface area (Å²) in [6.45, 7) is 13.3. The van der Waals surface area contributed by atoms with Gasteiger partial charge in [-0.1, -0.05) is 66.2 Å². The summed E-state index contributed by atoms with van der Waals surface area (Å²) < 4.78 is 0. The van der Waals surface area contributed by atoms with E-state index >= 15 is 0 Å². The summed E-state index contributed by atoms with van der Waals surface area (Å²) in [4.78, 5) is 0. The summed E-state index contributed by atoms with van der Waals surface area (Å²) in [6.07, 6.45) is 9.61. The molecule has 85 valence electrons. The molecule has 0 saturated carbocycles. The second-order valence-corrected chi connectivity index (χ2v) is 5.66. The van der Waals surface area contributed by atoms with Crippen LogP contribution in [-0.4, -0.2) is 0 Å². The maximum Gasteiger partial charge on any atom is -0.0354 e. The average Bonchev–Trinajstić information content (AvgIpc) is 2.02. The van der Waals surface area contributed by atoms with Gasteiger partial charge in [-0.05, 0) is 24.7 Å². The van der Waals surface area contributed by atoms with Crippen molar-refractivity contribution in [2.75, 3.05) is 0 Å². The van der Waals surface area contributed by atoms with Crippen LogP contribution in [0.3, 0.4) is 0 Å². The van der Waals surface area contributed by atoms with Gasteiger partial charge in [-0.25, -0.2) is 0 Å². The highest BCUT2D eigenvalue weighted by atomic mass is 14.1. The quantitative estimate of drug-likeness (QED) is 0.467. The van der Waals surface area contributed by atoms with E-state index in [1.165, 1.54) is 44.9 Å². The first kappa shape index (κ1) is 14.0. The van der Waals surface area contributed by atoms with E-state index in [0.29, 0.717) is 0 Å². The minimum absolute atomic E-state index is 0.287. The highest BCUT2D eigenvalue weighted by molar-refractivity contribution is 4.70. The fraction of sp³-hybridized carbons (Fsp3) is 0.929. The van der Waals surface area contributed by atoms with Gasteiger partial charge in [0.1, 0.15) is 0 Å². The molecular weight excluding hydrogens is 168 g/mol. The molecule has 0 aliphatic carbocycles. The molecule has 0 saturated heterocycles. The third-order valence-corrected chi connectivity index (χ3v) is 2.83. The molecule has 0 aliphatic rings. The molecule has 0 rings (SSSR count). The van der Waals surface area contributed by atoms with Crippen LogP contribution in [0.5, 0.6) is 0 Å². The van der Waals surface area contributed by atoms with Gasteiger partial charge in [0.25, 0.3) is 0 Å². The number of rotatable bonds is 8. The number of hydrogen-bond donors (Lipinski definition) is 0. The first-order valence-corrected chi connectivity index (χ1v) is 6.31. The van der Waals surface area contributed by atoms with Crippen molar-refractivity contribution in [3.63, 3.8) is 0 Å². The highest BCUT2D eigenvalue weighted by Crippen LogP contribution is 2.22. The van der Waals surface area contributed by atoms with Crippen molar-refractivity contribution in [1.29, 1.82) is 0 Å². The van der Waals surface area contributed by atoms with Crippen LogP contribution >= 0.6 is 0 Å². The standard InChI is InChI=1S/C14H29/c1-6-10-13(2)11-8-7-9-12-14(3,4)5/h13H,3,6-12H2,1-2,4-5H3. The predicted octanol–water partition coefficient (Wildman–Crippen LogP) is 5.23. The third-order valence-electron chi connectivity index (χ3n) is 2.83. The summed E-state index contributed by atoms with van der Waals surface area (Å²) >= 11 is 0. The molecule has 0 heterocycles. The predicted molar refractivity (Wildman–Crippen MR) is 66.3 cm³/mol. The van der Waals surface area contributed by atoms with Crippen LogP contribution in [0.4, 0.5) is 0 Å². The molecular formula is C14H29. The molecule has 0 aromatic heterocycles. The second-order valence-electron chi connectivity index (χ2n) is 5.66. The van der Waals surface area contributed by atoms with Crippen molar-refractivity contribution in [3.8, 4) is 0 Å². The van der Waals surface area contributed by atoms with Gasteiger partial charge in [0.05, 0.1) is 0 Å². The van der Waals surface area contributed by atoms with Crippen LogP contribution in [0.2, 0.25) is 0 Å². The van der Waals surface area contributed by atoms with Gasteiger partial charge < -0.3 is 0 Å². The first-order chi connectivity index (χ1) is 6.45. The molecule has 0 bridgehead atoms. The lowest BCUT2D eigenvalue weighted by atomic mass is 9.89. The van der Waals surface area contributed by atoms with Gasteiger partial charge in [0.2, 0.25) is 0 Å². The minimum atomic E-state index is 0.287. The fourth-order valence-electron chi connectivity index (χ4n) is 1.91. The molecule has 1 unspecified atom stereocenters. The fourth-order valence-corrected chi connectivity index (χ4v) is 1.91. The molecule has 1 atom stereocenters. The monoisotopic (exact) mass is 197 g/mol. The van der Waals surface area contributed by atoms with Crippen molar-refractivity contribution < 1.29 is 0 Å². The molecule has 0 spiro atoms. The van der Waals surface area contributed by atoms with E-state index < -0.39 is 0 Å². The lowest BCUT2D eigenvalue weighted by Crippen LogP contribution is -2.04. The van der Waals surface area contributed by atoms with Crippen LogP contribution < -0.4 is 0 Å². The zero-order valence-corrected chi connectivity index (χ0v) is 10.7. The summed E-state index contributed by atoms with van der Waals surface area (Å²) in [5.41, 5.74) is 0.287. The summed E-state index contributed by atoms with van der Waals surface area (Å²) in [5, 5.41) is 0. The molecule has 1 radical (unpaired) electrons. The summed E-state index contributed by atoms with van der Waals surface area (Å²) in [7, 11) is 0. The molecule has 0 heteroatoms. The molecule has 0 fully saturated rings. The zero-order chi connectivity index (χ0) is 11.0. The third kappa shape index (κ3) is 10.1. The Labute approximate surface area is 91.5 Å². The van der Waals surface area contributed by atoms with Gasteiger partial charge in [0, 0.05) is 0 Å². The highest BCUT2D eigenvalue weighted by Gasteiger charge is 2.09. The van der Waals surface area contributed by atoms with Crippen molar-refractivity contribution in [2.45, 2.75) is 72.6 Å². The first-order valence-electron chi connectivity index (χ1n) is 6.31. The maximum atomic E-state index is 4.13. The topological polar surface area (TPSA) is 0 Å². The summed E-state index contributed by atoms with van der Waals surface area (Å²) in [5.74, 6) is 0.938. The molecule has 0 amide bonds. The molecule has 0 aromatic rings. The van der Waals surface area contributed by atoms with Gasteiger partial charge in [-0.3, -0.25) is 0 Å². The van der Waals surface area contributed by atoms with Crippen LogP contribution in [0.15, 0.2) is 0 Å². The van der Waals surface area contributed by atoms with Crippen molar-refractivity contribution in [2.24, 2.45) is 11.3 Å². The molecule has 0 N–H and O–H groups in total. The van der Waals surface area contributed by atoms with Crippen molar-refractivity contribution in [1.82, 2.24) is 0 Å². The van der Waals surface area contributed by atoms with Crippen LogP contribution in [0.1, 0.15) is 72.6 Å². The largest absolute Gasteiger partial charge is 0.0654 e. The smallest absolute Gasteiger partial charge is 0.0354 e. The Balaban J connectivity index is 3.21. The molecule has 0 aliphatic heterocycles. The molecule has 0 nitrogen and oxygen atoms in total. The Kier molecular flexibility index (Phi) is 7.31. The lowest BCUT2D eigenvalue weighted by molar-refractivity contribution is 0.391. The minimum Gasteiger partial charge on any atom is -0.0654 e. The van der Waals surface area contributed by atoms with Crippen molar-refractivity contribution >= 4 is 0 Å². The van der Waals surface area contributed by atoms with E-state index in [-0.39, 0.29) is 5.41 Å². The normalized spacial score (nSPS) is 14.4. The molecule has 14 heavy (non-hydrogen) atoms. The Morgan fingerprint density at radius 3 is 2.21 bits per heavy atom. The van der Waals surface area contributed by atoms with Gasteiger partial charge >= 0.3 is 0 Å². The maximum absolute atomic E-state index is 4.13. The Morgan fingerprint density at radius 2 is 1.71 bits per heavy atom. The van der Waals surface area contributed by atoms with E-state index in [1.807, 2.05) is 0 Å². The van der Waals surface area contributed by atoms with Gasteiger partial charge in [-0.2, -0.15) is 0 Å². The SMILES string of the molecule is [CH2]C(C)(C)CCCCCC(C)CCC. The van der Waals surface area contributed by atoms with Crippen LogP contribution in [0, 0.1) is 18.3 Å². The Bertz CT molecular complexity index is 118. The van der Waals surface area contributed by atoms with Crippen LogP contribution in [0.25, 0.3) is 0 Å².